The molecule has 2 rings (SSSR count). The van der Waals surface area contributed by atoms with Gasteiger partial charge in [0.25, 0.3) is 0 Å². The van der Waals surface area contributed by atoms with Crippen molar-refractivity contribution in [3.05, 3.63) is 47.2 Å². The lowest BCUT2D eigenvalue weighted by atomic mass is 10.0. The molecular weight excluding hydrogens is 262 g/mol. The van der Waals surface area contributed by atoms with E-state index in [4.69, 9.17) is 16.7 Å². The van der Waals surface area contributed by atoms with Crippen molar-refractivity contribution in [3.63, 3.8) is 0 Å². The molecule has 2 N–H and O–H groups in total. The Hall–Kier alpha value is -1.52. The molecule has 1 atom stereocenters. The first kappa shape index (κ1) is 13.9. The number of nitrogens with one attached hydrogen (secondary N) is 1. The normalized spacial score (nSPS) is 12.4. The molecular formula is C14H18ClN3O. The van der Waals surface area contributed by atoms with Crippen LogP contribution in [0, 0.1) is 0 Å². The van der Waals surface area contributed by atoms with Gasteiger partial charge in [-0.05, 0) is 24.1 Å². The van der Waals surface area contributed by atoms with Crippen molar-refractivity contribution >= 4 is 17.3 Å². The number of hydrogen-bond donors (Lipinski definition) is 2. The summed E-state index contributed by atoms with van der Waals surface area (Å²) in [6, 6.07) is 8.08. The molecule has 1 aromatic carbocycles. The van der Waals surface area contributed by atoms with Gasteiger partial charge >= 0.3 is 0 Å². The molecule has 0 spiro atoms. The highest BCUT2D eigenvalue weighted by atomic mass is 35.5. The van der Waals surface area contributed by atoms with E-state index in [1.165, 1.54) is 5.56 Å². The zero-order valence-corrected chi connectivity index (χ0v) is 11.6. The lowest BCUT2D eigenvalue weighted by molar-refractivity contribution is 0.269. The van der Waals surface area contributed by atoms with Gasteiger partial charge in [-0.3, -0.25) is 4.68 Å². The summed E-state index contributed by atoms with van der Waals surface area (Å²) in [6.45, 7) is 2.74. The van der Waals surface area contributed by atoms with E-state index in [-0.39, 0.29) is 12.6 Å². The van der Waals surface area contributed by atoms with Gasteiger partial charge in [-0.2, -0.15) is 5.10 Å². The molecule has 102 valence electrons. The van der Waals surface area contributed by atoms with E-state index >= 15 is 0 Å². The molecule has 5 heteroatoms. The Balaban J connectivity index is 2.07. The average molecular weight is 280 g/mol. The molecule has 1 aromatic heterocycles. The summed E-state index contributed by atoms with van der Waals surface area (Å²) >= 11 is 5.90. The van der Waals surface area contributed by atoms with Gasteiger partial charge in [-0.25, -0.2) is 0 Å². The van der Waals surface area contributed by atoms with E-state index in [0.717, 1.165) is 17.1 Å². The molecule has 0 aliphatic rings. The van der Waals surface area contributed by atoms with Gasteiger partial charge < -0.3 is 10.4 Å². The summed E-state index contributed by atoms with van der Waals surface area (Å²) in [5, 5.41) is 17.2. The highest BCUT2D eigenvalue weighted by Gasteiger charge is 2.10. The molecule has 0 fully saturated rings. The van der Waals surface area contributed by atoms with Crippen LogP contribution in [0.25, 0.3) is 0 Å². The largest absolute Gasteiger partial charge is 0.394 e. The van der Waals surface area contributed by atoms with Crippen LogP contribution < -0.4 is 5.32 Å². The third-order valence-electron chi connectivity index (χ3n) is 2.98. The molecule has 0 aliphatic heterocycles. The maximum absolute atomic E-state index is 8.87. The van der Waals surface area contributed by atoms with Crippen molar-refractivity contribution in [2.24, 2.45) is 0 Å². The van der Waals surface area contributed by atoms with Crippen molar-refractivity contribution in [2.45, 2.75) is 25.9 Å². The summed E-state index contributed by atoms with van der Waals surface area (Å²) in [7, 11) is 0. The minimum Gasteiger partial charge on any atom is -0.394 e. The number of aliphatic hydroxyl groups is 1. The highest BCUT2D eigenvalue weighted by Crippen LogP contribution is 2.23. The van der Waals surface area contributed by atoms with Gasteiger partial charge in [0, 0.05) is 11.2 Å². The van der Waals surface area contributed by atoms with Crippen LogP contribution >= 0.6 is 11.6 Å². The first-order valence-electron chi connectivity index (χ1n) is 6.38. The SMILES string of the molecule is CCC(Nc1cnn(CCO)c1)c1ccc(Cl)cc1. The van der Waals surface area contributed by atoms with Gasteiger partial charge in [0.05, 0.1) is 31.1 Å². The lowest BCUT2D eigenvalue weighted by Crippen LogP contribution is -2.09. The first-order valence-corrected chi connectivity index (χ1v) is 6.76. The Labute approximate surface area is 118 Å². The second kappa shape index (κ2) is 6.59. The van der Waals surface area contributed by atoms with E-state index in [1.807, 2.05) is 30.5 Å². The van der Waals surface area contributed by atoms with Crippen molar-refractivity contribution in [3.8, 4) is 0 Å². The van der Waals surface area contributed by atoms with Crippen LogP contribution in [0.4, 0.5) is 5.69 Å². The molecule has 19 heavy (non-hydrogen) atoms. The number of benzene rings is 1. The van der Waals surface area contributed by atoms with Crippen LogP contribution in [0.3, 0.4) is 0 Å². The molecule has 2 aromatic rings. The summed E-state index contributed by atoms with van der Waals surface area (Å²) in [4.78, 5) is 0. The van der Waals surface area contributed by atoms with Gasteiger partial charge in [-0.1, -0.05) is 30.7 Å². The summed E-state index contributed by atoms with van der Waals surface area (Å²) in [6.07, 6.45) is 4.63. The third-order valence-corrected chi connectivity index (χ3v) is 3.24. The van der Waals surface area contributed by atoms with Gasteiger partial charge in [0.1, 0.15) is 0 Å². The fourth-order valence-corrected chi connectivity index (χ4v) is 2.11. The summed E-state index contributed by atoms with van der Waals surface area (Å²) in [5.41, 5.74) is 2.15. The fourth-order valence-electron chi connectivity index (χ4n) is 1.98. The monoisotopic (exact) mass is 279 g/mol. The topological polar surface area (TPSA) is 50.1 Å². The number of hydrogen-bond acceptors (Lipinski definition) is 3. The number of nitrogens with zero attached hydrogens (tertiary/aromatic N) is 2. The molecule has 0 saturated heterocycles. The number of aliphatic hydroxyl groups excluding tert-OH is 1. The van der Waals surface area contributed by atoms with Crippen LogP contribution in [0.2, 0.25) is 5.02 Å². The molecule has 0 radical (unpaired) electrons. The minimum absolute atomic E-state index is 0.0928. The van der Waals surface area contributed by atoms with E-state index in [2.05, 4.69) is 17.3 Å². The number of halogens is 1. The highest BCUT2D eigenvalue weighted by molar-refractivity contribution is 6.30. The van der Waals surface area contributed by atoms with Crippen LogP contribution in [0.5, 0.6) is 0 Å². The zero-order valence-electron chi connectivity index (χ0n) is 10.9. The molecule has 0 amide bonds. The first-order chi connectivity index (χ1) is 9.22. The second-order valence-corrected chi connectivity index (χ2v) is 4.81. The van der Waals surface area contributed by atoms with Crippen molar-refractivity contribution < 1.29 is 5.11 Å². The maximum Gasteiger partial charge on any atom is 0.0731 e. The van der Waals surface area contributed by atoms with Crippen molar-refractivity contribution in [1.82, 2.24) is 9.78 Å². The Morgan fingerprint density at radius 3 is 2.74 bits per heavy atom. The molecule has 0 saturated carbocycles. The van der Waals surface area contributed by atoms with Crippen LogP contribution in [0.1, 0.15) is 24.9 Å². The predicted octanol–water partition coefficient (Wildman–Crippen LogP) is 3.09. The maximum atomic E-state index is 8.87. The predicted molar refractivity (Wildman–Crippen MR) is 77.4 cm³/mol. The van der Waals surface area contributed by atoms with E-state index < -0.39 is 0 Å². The fraction of sp³-hybridized carbons (Fsp3) is 0.357. The van der Waals surface area contributed by atoms with Crippen LogP contribution in [-0.2, 0) is 6.54 Å². The zero-order chi connectivity index (χ0) is 13.7. The number of aromatic nitrogens is 2. The molecule has 1 heterocycles. The van der Waals surface area contributed by atoms with Crippen molar-refractivity contribution in [2.75, 3.05) is 11.9 Å². The number of anilines is 1. The van der Waals surface area contributed by atoms with Gasteiger partial charge in [0.15, 0.2) is 0 Å². The Morgan fingerprint density at radius 2 is 2.11 bits per heavy atom. The van der Waals surface area contributed by atoms with Gasteiger partial charge in [0.2, 0.25) is 0 Å². The Bertz CT molecular complexity index is 510. The average Bonchev–Trinajstić information content (AvgIpc) is 2.85. The second-order valence-electron chi connectivity index (χ2n) is 4.37. The Kier molecular flexibility index (Phi) is 4.82. The summed E-state index contributed by atoms with van der Waals surface area (Å²) < 4.78 is 1.72. The van der Waals surface area contributed by atoms with E-state index in [1.54, 1.807) is 10.9 Å². The van der Waals surface area contributed by atoms with E-state index in [0.29, 0.717) is 6.54 Å². The molecule has 0 bridgehead atoms. The molecule has 1 unspecified atom stereocenters. The summed E-state index contributed by atoms with van der Waals surface area (Å²) in [5.74, 6) is 0. The van der Waals surface area contributed by atoms with Crippen LogP contribution in [-0.4, -0.2) is 21.5 Å². The Morgan fingerprint density at radius 1 is 1.37 bits per heavy atom. The van der Waals surface area contributed by atoms with Gasteiger partial charge in [-0.15, -0.1) is 0 Å². The standard InChI is InChI=1S/C14H18ClN3O/c1-2-14(11-3-5-12(15)6-4-11)17-13-9-16-18(10-13)7-8-19/h3-6,9-10,14,17,19H,2,7-8H2,1H3. The molecule has 0 aliphatic carbocycles. The third kappa shape index (κ3) is 3.72. The minimum atomic E-state index is 0.0928. The van der Waals surface area contributed by atoms with Crippen LogP contribution in [0.15, 0.2) is 36.7 Å². The number of rotatable bonds is 6. The smallest absolute Gasteiger partial charge is 0.0731 e. The lowest BCUT2D eigenvalue weighted by Gasteiger charge is -2.17. The van der Waals surface area contributed by atoms with E-state index in [9.17, 15) is 0 Å². The van der Waals surface area contributed by atoms with Crippen molar-refractivity contribution in [1.29, 1.82) is 0 Å². The molecule has 4 nitrogen and oxygen atoms in total. The quantitative estimate of drug-likeness (QED) is 0.854.